The van der Waals surface area contributed by atoms with E-state index in [1.165, 1.54) is 10.6 Å². The van der Waals surface area contributed by atoms with Crippen molar-refractivity contribution in [3.63, 3.8) is 0 Å². The van der Waals surface area contributed by atoms with Crippen LogP contribution in [0.1, 0.15) is 10.4 Å². The van der Waals surface area contributed by atoms with Gasteiger partial charge in [-0.1, -0.05) is 6.07 Å². The van der Waals surface area contributed by atoms with E-state index in [0.717, 1.165) is 70.2 Å². The average molecular weight is 414 g/mol. The van der Waals surface area contributed by atoms with Crippen molar-refractivity contribution in [1.29, 1.82) is 0 Å². The fourth-order valence-electron chi connectivity index (χ4n) is 3.98. The molecule has 2 aliphatic rings. The van der Waals surface area contributed by atoms with Crippen LogP contribution < -0.4 is 10.2 Å². The maximum absolute atomic E-state index is 12.7. The van der Waals surface area contributed by atoms with Crippen molar-refractivity contribution < 1.29 is 4.79 Å². The van der Waals surface area contributed by atoms with Gasteiger partial charge in [-0.25, -0.2) is 4.79 Å². The molecule has 6 nitrogen and oxygen atoms in total. The van der Waals surface area contributed by atoms with Gasteiger partial charge in [0.2, 0.25) is 0 Å². The van der Waals surface area contributed by atoms with Crippen LogP contribution in [0.15, 0.2) is 35.7 Å². The summed E-state index contributed by atoms with van der Waals surface area (Å²) in [6.07, 6.45) is 0. The molecule has 2 aromatic rings. The highest BCUT2D eigenvalue weighted by atomic mass is 32.1. The van der Waals surface area contributed by atoms with Crippen molar-refractivity contribution >= 4 is 28.7 Å². The minimum absolute atomic E-state index is 0.0104. The predicted octanol–water partition coefficient (Wildman–Crippen LogP) is 3.16. The molecule has 0 radical (unpaired) electrons. The smallest absolute Gasteiger partial charge is 0.321 e. The number of carbonyl (C=O) groups excluding carboxylic acids is 1. The molecule has 2 saturated heterocycles. The topological polar surface area (TPSA) is 42.1 Å². The molecule has 0 aliphatic carbocycles. The molecule has 2 fully saturated rings. The van der Waals surface area contributed by atoms with Gasteiger partial charge in [0.1, 0.15) is 0 Å². The molecule has 2 amide bonds. The van der Waals surface area contributed by atoms with Gasteiger partial charge in [-0.3, -0.25) is 4.90 Å². The van der Waals surface area contributed by atoms with Gasteiger partial charge >= 0.3 is 6.03 Å². The van der Waals surface area contributed by atoms with Gasteiger partial charge in [0.25, 0.3) is 0 Å². The highest BCUT2D eigenvalue weighted by Gasteiger charge is 2.22. The van der Waals surface area contributed by atoms with Gasteiger partial charge in [-0.15, -0.1) is 11.3 Å². The molecule has 7 heteroatoms. The summed E-state index contributed by atoms with van der Waals surface area (Å²) in [5.74, 6) is 0. The molecule has 0 bridgehead atoms. The van der Waals surface area contributed by atoms with Crippen LogP contribution in [0.5, 0.6) is 0 Å². The Balaban J connectivity index is 1.29. The summed E-state index contributed by atoms with van der Waals surface area (Å²) in [6, 6.07) is 10.7. The fraction of sp³-hybridized carbons (Fsp3) is 0.500. The van der Waals surface area contributed by atoms with Crippen LogP contribution in [0.3, 0.4) is 0 Å². The number of anilines is 2. The minimum atomic E-state index is 0.0104. The molecular weight excluding hydrogens is 382 g/mol. The van der Waals surface area contributed by atoms with Crippen LogP contribution >= 0.6 is 11.3 Å². The minimum Gasteiger partial charge on any atom is -0.369 e. The predicted molar refractivity (Wildman–Crippen MR) is 121 cm³/mol. The Kier molecular flexibility index (Phi) is 6.37. The number of benzene rings is 1. The van der Waals surface area contributed by atoms with Gasteiger partial charge in [0.15, 0.2) is 0 Å². The average Bonchev–Trinajstić information content (AvgIpc) is 3.24. The van der Waals surface area contributed by atoms with Gasteiger partial charge in [0, 0.05) is 75.2 Å². The zero-order chi connectivity index (χ0) is 20.2. The molecule has 0 saturated carbocycles. The van der Waals surface area contributed by atoms with Gasteiger partial charge in [-0.05, 0) is 49.2 Å². The van der Waals surface area contributed by atoms with Crippen molar-refractivity contribution in [2.45, 2.75) is 13.5 Å². The Morgan fingerprint density at radius 3 is 2.45 bits per heavy atom. The molecule has 0 unspecified atom stereocenters. The lowest BCUT2D eigenvalue weighted by Gasteiger charge is -2.35. The molecule has 156 valence electrons. The summed E-state index contributed by atoms with van der Waals surface area (Å²) >= 11 is 1.80. The van der Waals surface area contributed by atoms with Crippen LogP contribution in [-0.2, 0) is 6.54 Å². The van der Waals surface area contributed by atoms with E-state index in [1.807, 2.05) is 11.0 Å². The van der Waals surface area contributed by atoms with Crippen LogP contribution in [0.25, 0.3) is 0 Å². The van der Waals surface area contributed by atoms with Gasteiger partial charge < -0.3 is 20.0 Å². The van der Waals surface area contributed by atoms with E-state index in [4.69, 9.17) is 0 Å². The number of nitrogens with zero attached hydrogens (tertiary/aromatic N) is 4. The zero-order valence-electron chi connectivity index (χ0n) is 17.4. The van der Waals surface area contributed by atoms with E-state index in [0.29, 0.717) is 0 Å². The first-order chi connectivity index (χ1) is 14.1. The van der Waals surface area contributed by atoms with E-state index in [1.54, 1.807) is 11.3 Å². The van der Waals surface area contributed by atoms with Crippen molar-refractivity contribution in [3.8, 4) is 0 Å². The number of carbonyl (C=O) groups is 1. The van der Waals surface area contributed by atoms with Crippen molar-refractivity contribution in [2.75, 3.05) is 69.6 Å². The third kappa shape index (κ3) is 5.10. The lowest BCUT2D eigenvalue weighted by molar-refractivity contribution is 0.143. The van der Waals surface area contributed by atoms with E-state index in [2.05, 4.69) is 63.6 Å². The molecule has 29 heavy (non-hydrogen) atoms. The number of hydrogen-bond donors (Lipinski definition) is 1. The number of thiophene rings is 1. The van der Waals surface area contributed by atoms with Gasteiger partial charge in [0.05, 0.1) is 0 Å². The lowest BCUT2D eigenvalue weighted by atomic mass is 10.1. The first kappa shape index (κ1) is 20.2. The molecule has 1 aromatic carbocycles. The highest BCUT2D eigenvalue weighted by Crippen LogP contribution is 2.24. The Morgan fingerprint density at radius 1 is 1.03 bits per heavy atom. The summed E-state index contributed by atoms with van der Waals surface area (Å²) in [5.41, 5.74) is 3.27. The van der Waals surface area contributed by atoms with E-state index in [-0.39, 0.29) is 6.03 Å². The van der Waals surface area contributed by atoms with Gasteiger partial charge in [-0.2, -0.15) is 0 Å². The lowest BCUT2D eigenvalue weighted by Crippen LogP contribution is -2.49. The van der Waals surface area contributed by atoms with Crippen LogP contribution in [0.4, 0.5) is 16.2 Å². The largest absolute Gasteiger partial charge is 0.369 e. The van der Waals surface area contributed by atoms with Crippen molar-refractivity contribution in [3.05, 3.63) is 46.2 Å². The molecule has 1 aromatic heterocycles. The van der Waals surface area contributed by atoms with E-state index < -0.39 is 0 Å². The maximum Gasteiger partial charge on any atom is 0.321 e. The third-order valence-corrected chi connectivity index (χ3v) is 6.80. The van der Waals surface area contributed by atoms with E-state index >= 15 is 0 Å². The molecule has 0 spiro atoms. The molecule has 2 aliphatic heterocycles. The molecule has 0 atom stereocenters. The van der Waals surface area contributed by atoms with Crippen LogP contribution in [0, 0.1) is 6.92 Å². The molecule has 1 N–H and O–H groups in total. The number of urea groups is 1. The van der Waals surface area contributed by atoms with Crippen LogP contribution in [-0.4, -0.2) is 80.1 Å². The normalized spacial score (nSPS) is 18.8. The number of rotatable bonds is 4. The second-order valence-corrected chi connectivity index (χ2v) is 9.09. The summed E-state index contributed by atoms with van der Waals surface area (Å²) in [6.45, 7) is 10.7. The molecular formula is C22H31N5OS. The quantitative estimate of drug-likeness (QED) is 0.836. The Morgan fingerprint density at radius 2 is 1.79 bits per heavy atom. The Labute approximate surface area is 177 Å². The standard InChI is InChI=1S/C22H31N5OS/c1-18-16-19(26-11-7-24(2)8-12-26)5-6-21(18)23-22(28)27-13-9-25(10-14-27)17-20-4-3-15-29-20/h3-6,15-16H,7-14,17H2,1-2H3,(H,23,28). The number of amides is 2. The number of likely N-dealkylation sites (N-methyl/N-ethyl adjacent to an activating group) is 1. The second-order valence-electron chi connectivity index (χ2n) is 8.06. The molecule has 3 heterocycles. The number of hydrogen-bond acceptors (Lipinski definition) is 5. The highest BCUT2D eigenvalue weighted by molar-refractivity contribution is 7.09. The number of aryl methyl sites for hydroxylation is 1. The Hall–Kier alpha value is -2.09. The summed E-state index contributed by atoms with van der Waals surface area (Å²) in [4.78, 5) is 23.3. The zero-order valence-corrected chi connectivity index (χ0v) is 18.2. The monoisotopic (exact) mass is 413 g/mol. The SMILES string of the molecule is Cc1cc(N2CCN(C)CC2)ccc1NC(=O)N1CCN(Cc2cccs2)CC1. The fourth-order valence-corrected chi connectivity index (χ4v) is 4.72. The molecule has 4 rings (SSSR count). The number of nitrogens with one attached hydrogen (secondary N) is 1. The second kappa shape index (κ2) is 9.15. The first-order valence-corrected chi connectivity index (χ1v) is 11.3. The van der Waals surface area contributed by atoms with Crippen molar-refractivity contribution in [2.24, 2.45) is 0 Å². The van der Waals surface area contributed by atoms with Crippen molar-refractivity contribution in [1.82, 2.24) is 14.7 Å². The first-order valence-electron chi connectivity index (χ1n) is 10.4. The summed E-state index contributed by atoms with van der Waals surface area (Å²) < 4.78 is 0. The Bertz CT molecular complexity index is 809. The summed E-state index contributed by atoms with van der Waals surface area (Å²) in [5, 5.41) is 5.24. The summed E-state index contributed by atoms with van der Waals surface area (Å²) in [7, 11) is 2.17. The number of piperazine rings is 2. The third-order valence-electron chi connectivity index (χ3n) is 5.94. The van der Waals surface area contributed by atoms with E-state index in [9.17, 15) is 4.79 Å². The van der Waals surface area contributed by atoms with Crippen LogP contribution in [0.2, 0.25) is 0 Å². The maximum atomic E-state index is 12.7.